The third-order valence-corrected chi connectivity index (χ3v) is 4.79. The summed E-state index contributed by atoms with van der Waals surface area (Å²) in [6.07, 6.45) is 7.82. The van der Waals surface area contributed by atoms with Gasteiger partial charge in [0.05, 0.1) is 5.71 Å². The molecule has 5 heteroatoms. The molecule has 0 saturated carbocycles. The van der Waals surface area contributed by atoms with Gasteiger partial charge >= 0.3 is 0 Å². The molecule has 1 amide bonds. The molecule has 2 aromatic rings. The lowest BCUT2D eigenvalue weighted by molar-refractivity contribution is 0.0949. The number of hydrazone groups is 1. The van der Waals surface area contributed by atoms with Gasteiger partial charge in [0.1, 0.15) is 0 Å². The largest absolute Gasteiger partial charge is 0.292 e. The number of hydrogen-bond acceptors (Lipinski definition) is 3. The summed E-state index contributed by atoms with van der Waals surface area (Å²) < 4.78 is 0. The Labute approximate surface area is 148 Å². The Morgan fingerprint density at radius 2 is 2.04 bits per heavy atom. The van der Waals surface area contributed by atoms with E-state index in [2.05, 4.69) is 51.9 Å². The predicted octanol–water partition coefficient (Wildman–Crippen LogP) is 3.79. The van der Waals surface area contributed by atoms with Gasteiger partial charge in [-0.2, -0.15) is 10.2 Å². The average molecular weight is 338 g/mol. The van der Waals surface area contributed by atoms with Crippen molar-refractivity contribution in [1.29, 1.82) is 0 Å². The van der Waals surface area contributed by atoms with Crippen LogP contribution in [0.2, 0.25) is 0 Å². The van der Waals surface area contributed by atoms with E-state index in [1.165, 1.54) is 24.8 Å². The van der Waals surface area contributed by atoms with Gasteiger partial charge in [-0.05, 0) is 50.2 Å². The highest BCUT2D eigenvalue weighted by molar-refractivity contribution is 6.00. The number of aromatic nitrogens is 2. The van der Waals surface area contributed by atoms with Crippen LogP contribution in [0, 0.1) is 0 Å². The van der Waals surface area contributed by atoms with Crippen molar-refractivity contribution in [3.8, 4) is 0 Å². The number of carbonyl (C=O) groups is 1. The number of amides is 1. The van der Waals surface area contributed by atoms with E-state index in [-0.39, 0.29) is 5.91 Å². The van der Waals surface area contributed by atoms with Crippen LogP contribution in [0.3, 0.4) is 0 Å². The van der Waals surface area contributed by atoms with Gasteiger partial charge in [0.15, 0.2) is 5.69 Å². The fraction of sp³-hybridized carbons (Fsp3) is 0.450. The Balaban J connectivity index is 1.60. The van der Waals surface area contributed by atoms with Crippen molar-refractivity contribution in [3.63, 3.8) is 0 Å². The molecule has 0 bridgehead atoms. The Morgan fingerprint density at radius 3 is 2.80 bits per heavy atom. The van der Waals surface area contributed by atoms with Crippen LogP contribution in [-0.4, -0.2) is 21.8 Å². The minimum Gasteiger partial charge on any atom is -0.281 e. The lowest BCUT2D eigenvalue weighted by atomic mass is 10.0. The molecule has 0 fully saturated rings. The van der Waals surface area contributed by atoms with Crippen molar-refractivity contribution < 1.29 is 4.79 Å². The van der Waals surface area contributed by atoms with Crippen LogP contribution >= 0.6 is 0 Å². The number of fused-ring (bicyclic) bond motifs is 1. The van der Waals surface area contributed by atoms with Crippen molar-refractivity contribution in [2.75, 3.05) is 0 Å². The van der Waals surface area contributed by atoms with Crippen LogP contribution in [0.5, 0.6) is 0 Å². The van der Waals surface area contributed by atoms with Crippen molar-refractivity contribution in [2.24, 2.45) is 5.10 Å². The maximum Gasteiger partial charge on any atom is 0.292 e. The molecule has 0 radical (unpaired) electrons. The van der Waals surface area contributed by atoms with Gasteiger partial charge < -0.3 is 0 Å². The first-order valence-corrected chi connectivity index (χ1v) is 9.19. The van der Waals surface area contributed by atoms with Crippen molar-refractivity contribution in [1.82, 2.24) is 15.6 Å². The summed E-state index contributed by atoms with van der Waals surface area (Å²) in [4.78, 5) is 12.3. The number of nitrogens with one attached hydrogen (secondary N) is 2. The molecule has 2 N–H and O–H groups in total. The van der Waals surface area contributed by atoms with Gasteiger partial charge in [0.25, 0.3) is 5.91 Å². The van der Waals surface area contributed by atoms with Crippen molar-refractivity contribution in [2.45, 2.75) is 58.8 Å². The summed E-state index contributed by atoms with van der Waals surface area (Å²) >= 11 is 0. The maximum atomic E-state index is 12.3. The summed E-state index contributed by atoms with van der Waals surface area (Å²) in [6, 6.07) is 8.43. The van der Waals surface area contributed by atoms with Crippen molar-refractivity contribution in [3.05, 3.63) is 52.3 Å². The zero-order valence-electron chi connectivity index (χ0n) is 15.1. The standard InChI is InChI=1S/C20H26N4O/c1-3-4-5-7-15-10-12-16(13-11-15)14(2)21-24-20(25)19-17-8-6-9-18(17)22-23-19/h10-13H,3-9H2,1-2H3,(H,22,23)(H,24,25)/b21-14+. The summed E-state index contributed by atoms with van der Waals surface area (Å²) in [5, 5.41) is 11.3. The zero-order chi connectivity index (χ0) is 17.6. The van der Waals surface area contributed by atoms with Gasteiger partial charge in [-0.3, -0.25) is 9.89 Å². The highest BCUT2D eigenvalue weighted by Crippen LogP contribution is 2.22. The van der Waals surface area contributed by atoms with Crippen LogP contribution in [0.15, 0.2) is 29.4 Å². The molecule has 0 spiro atoms. The average Bonchev–Trinajstić information content (AvgIpc) is 3.23. The smallest absolute Gasteiger partial charge is 0.281 e. The minimum absolute atomic E-state index is 0.241. The lowest BCUT2D eigenvalue weighted by Crippen LogP contribution is -2.21. The number of aromatic amines is 1. The molecular formula is C20H26N4O. The Hall–Kier alpha value is -2.43. The topological polar surface area (TPSA) is 70.1 Å². The molecule has 1 aromatic heterocycles. The summed E-state index contributed by atoms with van der Waals surface area (Å²) in [7, 11) is 0. The molecule has 1 aromatic carbocycles. The monoisotopic (exact) mass is 338 g/mol. The third kappa shape index (κ3) is 4.16. The summed E-state index contributed by atoms with van der Waals surface area (Å²) in [5.74, 6) is -0.241. The Kier molecular flexibility index (Phi) is 5.64. The highest BCUT2D eigenvalue weighted by Gasteiger charge is 2.22. The van der Waals surface area contributed by atoms with E-state index in [0.717, 1.165) is 48.2 Å². The van der Waals surface area contributed by atoms with E-state index in [4.69, 9.17) is 0 Å². The molecule has 0 saturated heterocycles. The molecule has 132 valence electrons. The molecule has 0 unspecified atom stereocenters. The Bertz CT molecular complexity index is 759. The zero-order valence-corrected chi connectivity index (χ0v) is 15.1. The number of unbranched alkanes of at least 4 members (excludes halogenated alkanes) is 2. The number of H-pyrrole nitrogens is 1. The molecule has 0 aliphatic heterocycles. The molecule has 1 aliphatic carbocycles. The third-order valence-electron chi connectivity index (χ3n) is 4.79. The fourth-order valence-electron chi connectivity index (χ4n) is 3.25. The van der Waals surface area contributed by atoms with Gasteiger partial charge in [-0.15, -0.1) is 0 Å². The Morgan fingerprint density at radius 1 is 1.24 bits per heavy atom. The van der Waals surface area contributed by atoms with Crippen LogP contribution in [0.1, 0.15) is 72.4 Å². The molecule has 25 heavy (non-hydrogen) atoms. The maximum absolute atomic E-state index is 12.3. The minimum atomic E-state index is -0.241. The first-order valence-electron chi connectivity index (χ1n) is 9.19. The van der Waals surface area contributed by atoms with Gasteiger partial charge in [-0.25, -0.2) is 5.43 Å². The predicted molar refractivity (Wildman–Crippen MR) is 100.0 cm³/mol. The van der Waals surface area contributed by atoms with Crippen molar-refractivity contribution >= 4 is 11.6 Å². The van der Waals surface area contributed by atoms with Crippen LogP contribution in [-0.2, 0) is 19.3 Å². The lowest BCUT2D eigenvalue weighted by Gasteiger charge is -2.05. The number of nitrogens with zero attached hydrogens (tertiary/aromatic N) is 2. The second kappa shape index (κ2) is 8.10. The van der Waals surface area contributed by atoms with Crippen LogP contribution in [0.4, 0.5) is 0 Å². The summed E-state index contributed by atoms with van der Waals surface area (Å²) in [6.45, 7) is 4.12. The van der Waals surface area contributed by atoms with E-state index in [1.807, 2.05) is 6.92 Å². The van der Waals surface area contributed by atoms with Gasteiger partial charge in [-0.1, -0.05) is 44.0 Å². The highest BCUT2D eigenvalue weighted by atomic mass is 16.2. The van der Waals surface area contributed by atoms with E-state index in [0.29, 0.717) is 5.69 Å². The first kappa shape index (κ1) is 17.4. The van der Waals surface area contributed by atoms with E-state index >= 15 is 0 Å². The van der Waals surface area contributed by atoms with Crippen LogP contribution in [0.25, 0.3) is 0 Å². The molecule has 1 heterocycles. The number of carbonyl (C=O) groups excluding carboxylic acids is 1. The normalized spacial score (nSPS) is 13.8. The first-order chi connectivity index (χ1) is 12.2. The molecule has 5 nitrogen and oxygen atoms in total. The second-order valence-electron chi connectivity index (χ2n) is 6.68. The number of rotatable bonds is 7. The second-order valence-corrected chi connectivity index (χ2v) is 6.68. The molecule has 1 aliphatic rings. The quantitative estimate of drug-likeness (QED) is 0.458. The van der Waals surface area contributed by atoms with E-state index in [1.54, 1.807) is 0 Å². The molecule has 3 rings (SSSR count). The van der Waals surface area contributed by atoms with E-state index in [9.17, 15) is 4.79 Å². The van der Waals surface area contributed by atoms with Gasteiger partial charge in [0, 0.05) is 11.3 Å². The summed E-state index contributed by atoms with van der Waals surface area (Å²) in [5.41, 5.74) is 8.41. The van der Waals surface area contributed by atoms with E-state index < -0.39 is 0 Å². The van der Waals surface area contributed by atoms with Gasteiger partial charge in [0.2, 0.25) is 0 Å². The molecule has 0 atom stereocenters. The van der Waals surface area contributed by atoms with Crippen LogP contribution < -0.4 is 5.43 Å². The fourth-order valence-corrected chi connectivity index (χ4v) is 3.25. The number of hydrogen-bond donors (Lipinski definition) is 2. The number of benzene rings is 1. The SMILES string of the molecule is CCCCCc1ccc(/C(C)=N/NC(=O)c2n[nH]c3c2CCC3)cc1. The molecular weight excluding hydrogens is 312 g/mol. The number of aryl methyl sites for hydroxylation is 2.